The zero-order chi connectivity index (χ0) is 15.0. The number of benzene rings is 1. The lowest BCUT2D eigenvalue weighted by Gasteiger charge is -2.45. The molecule has 20 heavy (non-hydrogen) atoms. The smallest absolute Gasteiger partial charge is 0.0381 e. The number of nitrogens with zero attached hydrogens (tertiary/aromatic N) is 1. The fourth-order valence-corrected chi connectivity index (χ4v) is 4.06. The minimum Gasteiger partial charge on any atom is -0.382 e. The summed E-state index contributed by atoms with van der Waals surface area (Å²) in [4.78, 5) is 2.15. The standard InChI is InChI=1S/C18H30N2/c1-17(2)11-15(12-18(3,4)13-17)19-14-8-7-9-16(10-14)20(5)6/h7-10,15,19H,11-13H2,1-6H3. The van der Waals surface area contributed by atoms with Gasteiger partial charge in [-0.25, -0.2) is 0 Å². The van der Waals surface area contributed by atoms with Crippen molar-refractivity contribution < 1.29 is 0 Å². The van der Waals surface area contributed by atoms with Crippen LogP contribution in [0.4, 0.5) is 11.4 Å². The van der Waals surface area contributed by atoms with Gasteiger partial charge >= 0.3 is 0 Å². The Balaban J connectivity index is 2.11. The first-order valence-corrected chi connectivity index (χ1v) is 7.71. The molecule has 1 N–H and O–H groups in total. The van der Waals surface area contributed by atoms with E-state index in [1.165, 1.54) is 30.6 Å². The maximum atomic E-state index is 3.76. The minimum absolute atomic E-state index is 0.429. The topological polar surface area (TPSA) is 15.3 Å². The molecule has 2 heteroatoms. The molecule has 1 aromatic carbocycles. The van der Waals surface area contributed by atoms with Gasteiger partial charge in [0.2, 0.25) is 0 Å². The molecule has 0 unspecified atom stereocenters. The normalized spacial score (nSPS) is 21.5. The largest absolute Gasteiger partial charge is 0.382 e. The molecule has 0 heterocycles. The van der Waals surface area contributed by atoms with Crippen LogP contribution in [0.25, 0.3) is 0 Å². The highest BCUT2D eigenvalue weighted by molar-refractivity contribution is 5.57. The number of hydrogen-bond donors (Lipinski definition) is 1. The Labute approximate surface area is 124 Å². The molecule has 2 rings (SSSR count). The quantitative estimate of drug-likeness (QED) is 0.854. The predicted molar refractivity (Wildman–Crippen MR) is 89.6 cm³/mol. The van der Waals surface area contributed by atoms with Crippen LogP contribution in [0.2, 0.25) is 0 Å². The lowest BCUT2D eigenvalue weighted by Crippen LogP contribution is -2.40. The highest BCUT2D eigenvalue weighted by Crippen LogP contribution is 2.46. The Morgan fingerprint density at radius 2 is 1.65 bits per heavy atom. The van der Waals surface area contributed by atoms with Crippen molar-refractivity contribution in [3.63, 3.8) is 0 Å². The molecular formula is C18H30N2. The molecule has 1 saturated carbocycles. The van der Waals surface area contributed by atoms with Crippen molar-refractivity contribution in [3.05, 3.63) is 24.3 Å². The highest BCUT2D eigenvalue weighted by Gasteiger charge is 2.38. The molecule has 0 aromatic heterocycles. The van der Waals surface area contributed by atoms with Crippen LogP contribution < -0.4 is 10.2 Å². The molecule has 0 saturated heterocycles. The molecule has 2 nitrogen and oxygen atoms in total. The van der Waals surface area contributed by atoms with E-state index in [9.17, 15) is 0 Å². The number of nitrogens with one attached hydrogen (secondary N) is 1. The van der Waals surface area contributed by atoms with E-state index in [1.54, 1.807) is 0 Å². The van der Waals surface area contributed by atoms with Crippen LogP contribution in [0.3, 0.4) is 0 Å². The Hall–Kier alpha value is -1.18. The zero-order valence-corrected chi connectivity index (χ0v) is 14.0. The molecule has 1 aliphatic carbocycles. The van der Waals surface area contributed by atoms with Crippen molar-refractivity contribution in [2.75, 3.05) is 24.3 Å². The Kier molecular flexibility index (Phi) is 4.04. The molecule has 0 atom stereocenters. The van der Waals surface area contributed by atoms with E-state index in [-0.39, 0.29) is 0 Å². The highest BCUT2D eigenvalue weighted by atomic mass is 15.1. The summed E-state index contributed by atoms with van der Waals surface area (Å²) in [6.07, 6.45) is 3.82. The summed E-state index contributed by atoms with van der Waals surface area (Å²) in [6, 6.07) is 9.29. The van der Waals surface area contributed by atoms with Crippen molar-refractivity contribution in [1.29, 1.82) is 0 Å². The number of anilines is 2. The van der Waals surface area contributed by atoms with Crippen molar-refractivity contribution in [1.82, 2.24) is 0 Å². The van der Waals surface area contributed by atoms with Crippen LogP contribution >= 0.6 is 0 Å². The third-order valence-electron chi connectivity index (χ3n) is 4.29. The second-order valence-corrected chi connectivity index (χ2v) is 8.20. The van der Waals surface area contributed by atoms with Crippen molar-refractivity contribution >= 4 is 11.4 Å². The molecule has 112 valence electrons. The summed E-state index contributed by atoms with van der Waals surface area (Å²) in [5.74, 6) is 0. The Bertz CT molecular complexity index is 444. The molecule has 1 aliphatic rings. The van der Waals surface area contributed by atoms with Gasteiger partial charge in [0.15, 0.2) is 0 Å². The fourth-order valence-electron chi connectivity index (χ4n) is 4.06. The van der Waals surface area contributed by atoms with Crippen LogP contribution in [-0.4, -0.2) is 20.1 Å². The molecule has 0 bridgehead atoms. The van der Waals surface area contributed by atoms with Gasteiger partial charge in [0.25, 0.3) is 0 Å². The summed E-state index contributed by atoms with van der Waals surface area (Å²) in [7, 11) is 4.18. The molecule has 0 spiro atoms. The first-order valence-electron chi connectivity index (χ1n) is 7.71. The number of rotatable bonds is 3. The van der Waals surface area contributed by atoms with Crippen molar-refractivity contribution in [2.24, 2.45) is 10.8 Å². The van der Waals surface area contributed by atoms with Crippen LogP contribution in [0.5, 0.6) is 0 Å². The van der Waals surface area contributed by atoms with Crippen molar-refractivity contribution in [3.8, 4) is 0 Å². The first kappa shape index (κ1) is 15.2. The lowest BCUT2D eigenvalue weighted by molar-refractivity contribution is 0.105. The molecular weight excluding hydrogens is 244 g/mol. The summed E-state index contributed by atoms with van der Waals surface area (Å²) in [5, 5.41) is 3.76. The SMILES string of the molecule is CN(C)c1cccc(NC2CC(C)(C)CC(C)(C)C2)c1. The van der Waals surface area contributed by atoms with Crippen LogP contribution in [0, 0.1) is 10.8 Å². The molecule has 0 amide bonds. The van der Waals surface area contributed by atoms with Gasteiger partial charge in [-0.15, -0.1) is 0 Å². The summed E-state index contributed by atoms with van der Waals surface area (Å²) < 4.78 is 0. The van der Waals surface area contributed by atoms with Gasteiger partial charge in [0.05, 0.1) is 0 Å². The summed E-state index contributed by atoms with van der Waals surface area (Å²) in [6.45, 7) is 9.61. The first-order chi connectivity index (χ1) is 9.17. The summed E-state index contributed by atoms with van der Waals surface area (Å²) >= 11 is 0. The van der Waals surface area contributed by atoms with E-state index in [0.717, 1.165) is 0 Å². The van der Waals surface area contributed by atoms with E-state index >= 15 is 0 Å². The van der Waals surface area contributed by atoms with Crippen LogP contribution in [0.15, 0.2) is 24.3 Å². The van der Waals surface area contributed by atoms with E-state index in [2.05, 4.69) is 76.3 Å². The van der Waals surface area contributed by atoms with Crippen LogP contribution in [0.1, 0.15) is 47.0 Å². The van der Waals surface area contributed by atoms with Gasteiger partial charge in [-0.3, -0.25) is 0 Å². The number of hydrogen-bond acceptors (Lipinski definition) is 2. The zero-order valence-electron chi connectivity index (χ0n) is 14.0. The second-order valence-electron chi connectivity index (χ2n) is 8.20. The van der Waals surface area contributed by atoms with E-state index in [1.807, 2.05) is 0 Å². The maximum absolute atomic E-state index is 3.76. The Morgan fingerprint density at radius 3 is 2.20 bits per heavy atom. The Morgan fingerprint density at radius 1 is 1.05 bits per heavy atom. The fraction of sp³-hybridized carbons (Fsp3) is 0.667. The molecule has 1 aromatic rings. The third kappa shape index (κ3) is 3.91. The predicted octanol–water partition coefficient (Wildman–Crippen LogP) is 4.77. The van der Waals surface area contributed by atoms with E-state index in [4.69, 9.17) is 0 Å². The van der Waals surface area contributed by atoms with Crippen LogP contribution in [-0.2, 0) is 0 Å². The van der Waals surface area contributed by atoms with E-state index < -0.39 is 0 Å². The minimum atomic E-state index is 0.429. The van der Waals surface area contributed by atoms with Gasteiger partial charge in [-0.05, 0) is 48.3 Å². The summed E-state index contributed by atoms with van der Waals surface area (Å²) in [5.41, 5.74) is 3.36. The van der Waals surface area contributed by atoms with E-state index in [0.29, 0.717) is 16.9 Å². The average molecular weight is 274 g/mol. The van der Waals surface area contributed by atoms with Gasteiger partial charge in [-0.1, -0.05) is 33.8 Å². The monoisotopic (exact) mass is 274 g/mol. The van der Waals surface area contributed by atoms with Gasteiger partial charge in [-0.2, -0.15) is 0 Å². The third-order valence-corrected chi connectivity index (χ3v) is 4.29. The molecule has 0 aliphatic heterocycles. The van der Waals surface area contributed by atoms with Gasteiger partial charge in [0.1, 0.15) is 0 Å². The maximum Gasteiger partial charge on any atom is 0.0381 e. The van der Waals surface area contributed by atoms with Gasteiger partial charge in [0, 0.05) is 31.5 Å². The lowest BCUT2D eigenvalue weighted by atomic mass is 9.63. The van der Waals surface area contributed by atoms with Gasteiger partial charge < -0.3 is 10.2 Å². The molecule has 1 fully saturated rings. The van der Waals surface area contributed by atoms with Crippen molar-refractivity contribution in [2.45, 2.75) is 53.0 Å². The second kappa shape index (κ2) is 5.31. The molecule has 0 radical (unpaired) electrons. The average Bonchev–Trinajstić information content (AvgIpc) is 2.24.